The molecule has 1 aliphatic rings. The average Bonchev–Trinajstić information content (AvgIpc) is 2.59. The highest BCUT2D eigenvalue weighted by Gasteiger charge is 2.31. The van der Waals surface area contributed by atoms with Gasteiger partial charge >= 0.3 is 6.18 Å². The summed E-state index contributed by atoms with van der Waals surface area (Å²) >= 11 is 0. The maximum absolute atomic E-state index is 12.5. The van der Waals surface area contributed by atoms with Gasteiger partial charge in [-0.3, -0.25) is 9.59 Å². The average molecular weight is 357 g/mol. The van der Waals surface area contributed by atoms with Crippen LogP contribution in [0.4, 0.5) is 13.2 Å². The van der Waals surface area contributed by atoms with Crippen LogP contribution in [0.15, 0.2) is 31.0 Å². The third kappa shape index (κ3) is 5.47. The minimum atomic E-state index is -4.43. The van der Waals surface area contributed by atoms with Gasteiger partial charge in [-0.1, -0.05) is 6.58 Å². The lowest BCUT2D eigenvalue weighted by atomic mass is 10.1. The quantitative estimate of drug-likeness (QED) is 0.816. The van der Waals surface area contributed by atoms with Crippen molar-refractivity contribution in [1.82, 2.24) is 15.2 Å². The Hall–Kier alpha value is -2.58. The van der Waals surface area contributed by atoms with Crippen LogP contribution in [0.1, 0.15) is 18.4 Å². The number of halogens is 3. The molecule has 1 saturated heterocycles. The molecule has 2 rings (SSSR count). The Morgan fingerprint density at radius 3 is 2.56 bits per heavy atom. The second-order valence-corrected chi connectivity index (χ2v) is 5.50. The molecule has 0 unspecified atom stereocenters. The fraction of sp³-hybridized carbons (Fsp3) is 0.438. The van der Waals surface area contributed by atoms with Gasteiger partial charge in [0.2, 0.25) is 17.7 Å². The van der Waals surface area contributed by atoms with E-state index in [2.05, 4.69) is 16.9 Å². The summed E-state index contributed by atoms with van der Waals surface area (Å²) in [5, 5.41) is 2.42. The molecule has 1 fully saturated rings. The van der Waals surface area contributed by atoms with Gasteiger partial charge in [0.15, 0.2) is 0 Å². The summed E-state index contributed by atoms with van der Waals surface area (Å²) in [5.74, 6) is -0.503. The lowest BCUT2D eigenvalue weighted by Crippen LogP contribution is -2.45. The van der Waals surface area contributed by atoms with E-state index in [-0.39, 0.29) is 24.4 Å². The van der Waals surface area contributed by atoms with Gasteiger partial charge in [-0.25, -0.2) is 4.98 Å². The minimum absolute atomic E-state index is 0.100. The molecule has 2 heterocycles. The SMILES string of the molecule is C=CC(=O)NCC(=O)N1CCC(Oc2ccc(C(F)(F)F)cn2)CC1. The summed E-state index contributed by atoms with van der Waals surface area (Å²) in [6.07, 6.45) is -1.77. The summed E-state index contributed by atoms with van der Waals surface area (Å²) < 4.78 is 43.0. The fourth-order valence-electron chi connectivity index (χ4n) is 2.36. The van der Waals surface area contributed by atoms with Gasteiger partial charge in [-0.2, -0.15) is 13.2 Å². The Labute approximate surface area is 142 Å². The summed E-state index contributed by atoms with van der Waals surface area (Å²) in [7, 11) is 0. The van der Waals surface area contributed by atoms with E-state index in [9.17, 15) is 22.8 Å². The molecule has 1 N–H and O–H groups in total. The van der Waals surface area contributed by atoms with Crippen molar-refractivity contribution in [3.05, 3.63) is 36.5 Å². The fourth-order valence-corrected chi connectivity index (χ4v) is 2.36. The zero-order chi connectivity index (χ0) is 18.4. The highest BCUT2D eigenvalue weighted by atomic mass is 19.4. The minimum Gasteiger partial charge on any atom is -0.474 e. The van der Waals surface area contributed by atoms with Gasteiger partial charge in [0.05, 0.1) is 12.1 Å². The van der Waals surface area contributed by atoms with Crippen LogP contribution in [0.25, 0.3) is 0 Å². The van der Waals surface area contributed by atoms with Crippen molar-refractivity contribution >= 4 is 11.8 Å². The number of piperidine rings is 1. The molecule has 0 aromatic carbocycles. The molecule has 0 aliphatic carbocycles. The second-order valence-electron chi connectivity index (χ2n) is 5.50. The third-order valence-electron chi connectivity index (χ3n) is 3.75. The molecule has 0 spiro atoms. The Morgan fingerprint density at radius 2 is 2.04 bits per heavy atom. The number of aromatic nitrogens is 1. The van der Waals surface area contributed by atoms with Crippen LogP contribution in [0.2, 0.25) is 0 Å². The van der Waals surface area contributed by atoms with Crippen molar-refractivity contribution in [3.63, 3.8) is 0 Å². The van der Waals surface area contributed by atoms with Crippen molar-refractivity contribution in [2.45, 2.75) is 25.1 Å². The monoisotopic (exact) mass is 357 g/mol. The van der Waals surface area contributed by atoms with Crippen molar-refractivity contribution in [2.75, 3.05) is 19.6 Å². The Balaban J connectivity index is 1.79. The van der Waals surface area contributed by atoms with Crippen molar-refractivity contribution in [3.8, 4) is 5.88 Å². The maximum atomic E-state index is 12.5. The molecule has 136 valence electrons. The number of carbonyl (C=O) groups is 2. The number of amides is 2. The lowest BCUT2D eigenvalue weighted by Gasteiger charge is -2.32. The maximum Gasteiger partial charge on any atom is 0.417 e. The van der Waals surface area contributed by atoms with E-state index in [1.807, 2.05) is 0 Å². The number of hydrogen-bond donors (Lipinski definition) is 1. The number of pyridine rings is 1. The zero-order valence-corrected chi connectivity index (χ0v) is 13.4. The smallest absolute Gasteiger partial charge is 0.417 e. The van der Waals surface area contributed by atoms with E-state index in [1.165, 1.54) is 6.07 Å². The Morgan fingerprint density at radius 1 is 1.36 bits per heavy atom. The largest absolute Gasteiger partial charge is 0.474 e. The van der Waals surface area contributed by atoms with Crippen LogP contribution < -0.4 is 10.1 Å². The molecule has 1 aromatic heterocycles. The summed E-state index contributed by atoms with van der Waals surface area (Å²) in [6, 6.07) is 2.11. The number of hydrogen-bond acceptors (Lipinski definition) is 4. The summed E-state index contributed by atoms with van der Waals surface area (Å²) in [4.78, 5) is 28.2. The number of nitrogens with one attached hydrogen (secondary N) is 1. The van der Waals surface area contributed by atoms with Gasteiger partial charge in [0.25, 0.3) is 0 Å². The zero-order valence-electron chi connectivity index (χ0n) is 13.4. The van der Waals surface area contributed by atoms with Gasteiger partial charge in [-0.15, -0.1) is 0 Å². The lowest BCUT2D eigenvalue weighted by molar-refractivity contribution is -0.137. The molecule has 1 aromatic rings. The Bertz CT molecular complexity index is 624. The summed E-state index contributed by atoms with van der Waals surface area (Å²) in [5.41, 5.74) is -0.832. The first kappa shape index (κ1) is 18.8. The van der Waals surface area contributed by atoms with E-state index in [1.54, 1.807) is 4.90 Å². The highest BCUT2D eigenvalue weighted by molar-refractivity contribution is 5.90. The predicted molar refractivity (Wildman–Crippen MR) is 82.7 cm³/mol. The first-order chi connectivity index (χ1) is 11.8. The predicted octanol–water partition coefficient (Wildman–Crippen LogP) is 1.77. The molecule has 0 radical (unpaired) electrons. The van der Waals surface area contributed by atoms with Gasteiger partial charge < -0.3 is 15.0 Å². The van der Waals surface area contributed by atoms with Crippen LogP contribution in [0.3, 0.4) is 0 Å². The summed E-state index contributed by atoms with van der Waals surface area (Å²) in [6.45, 7) is 4.07. The van der Waals surface area contributed by atoms with Crippen LogP contribution in [0, 0.1) is 0 Å². The van der Waals surface area contributed by atoms with Gasteiger partial charge in [-0.05, 0) is 12.1 Å². The molecular weight excluding hydrogens is 339 g/mol. The standard InChI is InChI=1S/C16H18F3N3O3/c1-2-13(23)20-10-15(24)22-7-5-12(6-8-22)25-14-4-3-11(9-21-14)16(17,18)19/h2-4,9,12H,1,5-8,10H2,(H,20,23). The van der Waals surface area contributed by atoms with E-state index >= 15 is 0 Å². The number of rotatable bonds is 5. The van der Waals surface area contributed by atoms with Crippen LogP contribution in [-0.4, -0.2) is 47.4 Å². The van der Waals surface area contributed by atoms with E-state index in [0.29, 0.717) is 25.9 Å². The topological polar surface area (TPSA) is 71.5 Å². The highest BCUT2D eigenvalue weighted by Crippen LogP contribution is 2.29. The molecule has 9 heteroatoms. The van der Waals surface area contributed by atoms with Crippen molar-refractivity contribution in [2.24, 2.45) is 0 Å². The Kier molecular flexibility index (Phi) is 6.00. The first-order valence-corrected chi connectivity index (χ1v) is 7.67. The van der Waals surface area contributed by atoms with E-state index < -0.39 is 17.6 Å². The van der Waals surface area contributed by atoms with Crippen molar-refractivity contribution in [1.29, 1.82) is 0 Å². The molecule has 6 nitrogen and oxygen atoms in total. The van der Waals surface area contributed by atoms with E-state index in [0.717, 1.165) is 18.3 Å². The molecule has 0 saturated carbocycles. The van der Waals surface area contributed by atoms with Crippen molar-refractivity contribution < 1.29 is 27.5 Å². The van der Waals surface area contributed by atoms with Gasteiger partial charge in [0, 0.05) is 38.2 Å². The van der Waals surface area contributed by atoms with Gasteiger partial charge in [0.1, 0.15) is 6.10 Å². The molecular formula is C16H18F3N3O3. The number of carbonyl (C=O) groups excluding carboxylic acids is 2. The molecule has 25 heavy (non-hydrogen) atoms. The number of nitrogens with zero attached hydrogens (tertiary/aromatic N) is 2. The third-order valence-corrected chi connectivity index (χ3v) is 3.75. The number of alkyl halides is 3. The van der Waals surface area contributed by atoms with Crippen LogP contribution in [0.5, 0.6) is 5.88 Å². The molecule has 0 bridgehead atoms. The second kappa shape index (κ2) is 8.00. The number of ether oxygens (including phenoxy) is 1. The first-order valence-electron chi connectivity index (χ1n) is 7.67. The normalized spacial score (nSPS) is 15.6. The van der Waals surface area contributed by atoms with Crippen LogP contribution >= 0.6 is 0 Å². The van der Waals surface area contributed by atoms with Crippen LogP contribution in [-0.2, 0) is 15.8 Å². The van der Waals surface area contributed by atoms with E-state index in [4.69, 9.17) is 4.74 Å². The molecule has 1 aliphatic heterocycles. The molecule has 2 amide bonds. The number of likely N-dealkylation sites (tertiary alicyclic amines) is 1. The molecule has 0 atom stereocenters.